The Hall–Kier alpha value is -1.73. The third-order valence-electron chi connectivity index (χ3n) is 3.18. The summed E-state index contributed by atoms with van der Waals surface area (Å²) >= 11 is 1.45. The summed E-state index contributed by atoms with van der Waals surface area (Å²) in [6.45, 7) is -0.507. The van der Waals surface area contributed by atoms with Crippen LogP contribution in [0.5, 0.6) is 0 Å². The van der Waals surface area contributed by atoms with E-state index in [4.69, 9.17) is 5.11 Å². The van der Waals surface area contributed by atoms with Gasteiger partial charge in [0.1, 0.15) is 12.2 Å². The number of benzene rings is 1. The normalized spacial score (nSPS) is 14.6. The maximum absolute atomic E-state index is 10.3. The second kappa shape index (κ2) is 5.34. The van der Waals surface area contributed by atoms with Crippen molar-refractivity contribution in [1.29, 1.82) is 0 Å². The summed E-state index contributed by atoms with van der Waals surface area (Å²) < 4.78 is 1.75. The van der Waals surface area contributed by atoms with Gasteiger partial charge >= 0.3 is 0 Å². The lowest BCUT2D eigenvalue weighted by Gasteiger charge is -2.16. The van der Waals surface area contributed by atoms with Crippen LogP contribution in [0, 0.1) is 0 Å². The number of rotatable bonds is 4. The number of hydrogen-bond donors (Lipinski definition) is 3. The second-order valence-electron chi connectivity index (χ2n) is 4.46. The Morgan fingerprint density at radius 2 is 1.95 bits per heavy atom. The van der Waals surface area contributed by atoms with Crippen LogP contribution in [-0.4, -0.2) is 37.4 Å². The molecule has 6 heteroatoms. The van der Waals surface area contributed by atoms with Crippen LogP contribution in [0.1, 0.15) is 11.8 Å². The molecule has 2 atom stereocenters. The fraction of sp³-hybridized carbons (Fsp3) is 0.214. The van der Waals surface area contributed by atoms with Crippen molar-refractivity contribution in [2.75, 3.05) is 6.61 Å². The molecule has 0 radical (unpaired) electrons. The molecule has 2 unspecified atom stereocenters. The third kappa shape index (κ3) is 2.12. The van der Waals surface area contributed by atoms with Crippen molar-refractivity contribution in [1.82, 2.24) is 9.38 Å². The largest absolute Gasteiger partial charge is 0.394 e. The molecule has 0 spiro atoms. The highest BCUT2D eigenvalue weighted by Gasteiger charge is 2.26. The number of nitrogens with zero attached hydrogens (tertiary/aromatic N) is 2. The molecule has 104 valence electrons. The van der Waals surface area contributed by atoms with Gasteiger partial charge in [-0.15, -0.1) is 11.3 Å². The summed E-state index contributed by atoms with van der Waals surface area (Å²) in [4.78, 5) is 5.25. The molecule has 2 aromatic heterocycles. The SMILES string of the molecule is OCC(O)C(O)c1c(-c2ccccc2)nc2sccn12. The van der Waals surface area contributed by atoms with E-state index >= 15 is 0 Å². The van der Waals surface area contributed by atoms with E-state index in [1.807, 2.05) is 35.7 Å². The highest BCUT2D eigenvalue weighted by molar-refractivity contribution is 7.15. The predicted octanol–water partition coefficient (Wildman–Crippen LogP) is 1.45. The van der Waals surface area contributed by atoms with E-state index in [0.717, 1.165) is 10.5 Å². The highest BCUT2D eigenvalue weighted by atomic mass is 32.1. The van der Waals surface area contributed by atoms with Crippen molar-refractivity contribution in [3.8, 4) is 11.3 Å². The van der Waals surface area contributed by atoms with Gasteiger partial charge in [-0.05, 0) is 0 Å². The van der Waals surface area contributed by atoms with Crippen molar-refractivity contribution >= 4 is 16.3 Å². The van der Waals surface area contributed by atoms with Crippen LogP contribution in [0.25, 0.3) is 16.2 Å². The Morgan fingerprint density at radius 1 is 1.20 bits per heavy atom. The molecule has 3 N–H and O–H groups in total. The molecule has 0 saturated carbocycles. The molecule has 3 rings (SSSR count). The highest BCUT2D eigenvalue weighted by Crippen LogP contribution is 2.32. The zero-order chi connectivity index (χ0) is 14.1. The van der Waals surface area contributed by atoms with E-state index in [9.17, 15) is 10.2 Å². The Kier molecular flexibility index (Phi) is 3.54. The Labute approximate surface area is 119 Å². The minimum Gasteiger partial charge on any atom is -0.394 e. The van der Waals surface area contributed by atoms with E-state index in [0.29, 0.717) is 11.4 Å². The quantitative estimate of drug-likeness (QED) is 0.679. The molecule has 0 saturated heterocycles. The van der Waals surface area contributed by atoms with Gasteiger partial charge in [-0.2, -0.15) is 0 Å². The number of hydrogen-bond acceptors (Lipinski definition) is 5. The second-order valence-corrected chi connectivity index (χ2v) is 5.34. The fourth-order valence-electron chi connectivity index (χ4n) is 2.18. The minimum absolute atomic E-state index is 0.494. The first-order valence-electron chi connectivity index (χ1n) is 6.20. The molecule has 1 aromatic carbocycles. The van der Waals surface area contributed by atoms with E-state index < -0.39 is 18.8 Å². The zero-order valence-electron chi connectivity index (χ0n) is 10.5. The lowest BCUT2D eigenvalue weighted by molar-refractivity contribution is -0.0173. The lowest BCUT2D eigenvalue weighted by Crippen LogP contribution is -2.23. The smallest absolute Gasteiger partial charge is 0.194 e. The van der Waals surface area contributed by atoms with Crippen LogP contribution < -0.4 is 0 Å². The number of fused-ring (bicyclic) bond motifs is 1. The molecule has 0 amide bonds. The monoisotopic (exact) mass is 290 g/mol. The lowest BCUT2D eigenvalue weighted by atomic mass is 10.0. The standard InChI is InChI=1S/C14H14N2O3S/c17-8-10(18)13(19)12-11(9-4-2-1-3-5-9)15-14-16(12)6-7-20-14/h1-7,10,13,17-19H,8H2. The van der Waals surface area contributed by atoms with E-state index in [-0.39, 0.29) is 0 Å². The first-order valence-corrected chi connectivity index (χ1v) is 7.08. The van der Waals surface area contributed by atoms with Crippen LogP contribution in [0.4, 0.5) is 0 Å². The van der Waals surface area contributed by atoms with Crippen LogP contribution in [-0.2, 0) is 0 Å². The van der Waals surface area contributed by atoms with Gasteiger partial charge in [0.15, 0.2) is 4.96 Å². The molecule has 0 fully saturated rings. The van der Waals surface area contributed by atoms with Crippen molar-refractivity contribution in [3.63, 3.8) is 0 Å². The maximum atomic E-state index is 10.3. The van der Waals surface area contributed by atoms with E-state index in [1.54, 1.807) is 10.6 Å². The van der Waals surface area contributed by atoms with Crippen LogP contribution in [0.2, 0.25) is 0 Å². The van der Waals surface area contributed by atoms with Gasteiger partial charge in [-0.25, -0.2) is 4.98 Å². The van der Waals surface area contributed by atoms with Gasteiger partial charge in [0.25, 0.3) is 0 Å². The number of imidazole rings is 1. The van der Waals surface area contributed by atoms with Gasteiger partial charge in [0.2, 0.25) is 0 Å². The molecular formula is C14H14N2O3S. The van der Waals surface area contributed by atoms with Crippen molar-refractivity contribution < 1.29 is 15.3 Å². The zero-order valence-corrected chi connectivity index (χ0v) is 11.4. The first-order chi connectivity index (χ1) is 9.72. The summed E-state index contributed by atoms with van der Waals surface area (Å²) in [5.41, 5.74) is 1.98. The van der Waals surface area contributed by atoms with Gasteiger partial charge in [-0.1, -0.05) is 30.3 Å². The number of aliphatic hydroxyl groups excluding tert-OH is 3. The molecule has 5 nitrogen and oxygen atoms in total. The summed E-state index contributed by atoms with van der Waals surface area (Å²) in [5.74, 6) is 0. The Morgan fingerprint density at radius 3 is 2.65 bits per heavy atom. The van der Waals surface area contributed by atoms with Gasteiger partial charge in [-0.3, -0.25) is 4.40 Å². The molecule has 0 aliphatic heterocycles. The molecule has 20 heavy (non-hydrogen) atoms. The van der Waals surface area contributed by atoms with Gasteiger partial charge < -0.3 is 15.3 Å². The molecule has 2 heterocycles. The summed E-state index contributed by atoms with van der Waals surface area (Å²) in [6, 6.07) is 9.48. The van der Waals surface area contributed by atoms with Crippen molar-refractivity contribution in [2.45, 2.75) is 12.2 Å². The predicted molar refractivity (Wildman–Crippen MR) is 76.6 cm³/mol. The van der Waals surface area contributed by atoms with Crippen LogP contribution in [0.3, 0.4) is 0 Å². The Bertz CT molecular complexity index is 708. The number of thiazole rings is 1. The Balaban J connectivity index is 2.19. The average molecular weight is 290 g/mol. The average Bonchev–Trinajstić information content (AvgIpc) is 3.07. The summed E-state index contributed by atoms with van der Waals surface area (Å²) in [5, 5.41) is 30.9. The fourth-order valence-corrected chi connectivity index (χ4v) is 2.90. The summed E-state index contributed by atoms with van der Waals surface area (Å²) in [7, 11) is 0. The summed E-state index contributed by atoms with van der Waals surface area (Å²) in [6.07, 6.45) is -0.640. The maximum Gasteiger partial charge on any atom is 0.194 e. The molecule has 0 aliphatic carbocycles. The van der Waals surface area contributed by atoms with Crippen LogP contribution >= 0.6 is 11.3 Å². The third-order valence-corrected chi connectivity index (χ3v) is 3.93. The topological polar surface area (TPSA) is 78.0 Å². The number of aliphatic hydroxyl groups is 3. The minimum atomic E-state index is -1.24. The van der Waals surface area contributed by atoms with Gasteiger partial charge in [0.05, 0.1) is 18.0 Å². The first kappa shape index (κ1) is 13.3. The van der Waals surface area contributed by atoms with E-state index in [1.165, 1.54) is 11.3 Å². The molecular weight excluding hydrogens is 276 g/mol. The van der Waals surface area contributed by atoms with Crippen molar-refractivity contribution in [3.05, 3.63) is 47.6 Å². The number of aromatic nitrogens is 2. The van der Waals surface area contributed by atoms with E-state index in [2.05, 4.69) is 4.98 Å². The van der Waals surface area contributed by atoms with Crippen molar-refractivity contribution in [2.24, 2.45) is 0 Å². The molecule has 0 bridgehead atoms. The van der Waals surface area contributed by atoms with Crippen LogP contribution in [0.15, 0.2) is 41.9 Å². The molecule has 0 aliphatic rings. The van der Waals surface area contributed by atoms with Gasteiger partial charge in [0, 0.05) is 17.1 Å². The molecule has 3 aromatic rings.